The van der Waals surface area contributed by atoms with E-state index in [1.54, 1.807) is 0 Å². The van der Waals surface area contributed by atoms with Crippen LogP contribution in [0.4, 0.5) is 0 Å². The predicted molar refractivity (Wildman–Crippen MR) is 73.6 cm³/mol. The molecule has 0 amide bonds. The van der Waals surface area contributed by atoms with Gasteiger partial charge in [-0.3, -0.25) is 4.79 Å². The van der Waals surface area contributed by atoms with E-state index < -0.39 is 0 Å². The van der Waals surface area contributed by atoms with Crippen molar-refractivity contribution >= 4 is 5.97 Å². The van der Waals surface area contributed by atoms with Crippen LogP contribution < -0.4 is 5.73 Å². The van der Waals surface area contributed by atoms with Gasteiger partial charge in [-0.15, -0.1) is 0 Å². The summed E-state index contributed by atoms with van der Waals surface area (Å²) in [5.74, 6) is -0.348. The fourth-order valence-electron chi connectivity index (χ4n) is 1.74. The standard InChI is InChI=1S/C15H23NO2/c1-11-5-6-13(15(2,3)4)9-12(11)7-8-18-14(17)10-16/h5-6,9H,7-8,10,16H2,1-4H3. The Hall–Kier alpha value is -1.35. The number of ether oxygens (including phenoxy) is 1. The van der Waals surface area contributed by atoms with Crippen LogP contribution in [0.1, 0.15) is 37.5 Å². The molecule has 2 N–H and O–H groups in total. The highest BCUT2D eigenvalue weighted by molar-refractivity contribution is 5.71. The van der Waals surface area contributed by atoms with Crippen molar-refractivity contribution in [2.75, 3.05) is 13.2 Å². The van der Waals surface area contributed by atoms with Crippen molar-refractivity contribution in [2.24, 2.45) is 5.73 Å². The third-order valence-corrected chi connectivity index (χ3v) is 3.02. The molecule has 0 fully saturated rings. The van der Waals surface area contributed by atoms with E-state index in [1.165, 1.54) is 16.7 Å². The third-order valence-electron chi connectivity index (χ3n) is 3.02. The highest BCUT2D eigenvalue weighted by atomic mass is 16.5. The van der Waals surface area contributed by atoms with Crippen molar-refractivity contribution in [3.63, 3.8) is 0 Å². The summed E-state index contributed by atoms with van der Waals surface area (Å²) in [7, 11) is 0. The molecular formula is C15H23NO2. The van der Waals surface area contributed by atoms with Gasteiger partial charge in [-0.2, -0.15) is 0 Å². The molecule has 0 spiro atoms. The first-order chi connectivity index (χ1) is 8.34. The van der Waals surface area contributed by atoms with Crippen LogP contribution in [0, 0.1) is 6.92 Å². The summed E-state index contributed by atoms with van der Waals surface area (Å²) < 4.78 is 5.01. The van der Waals surface area contributed by atoms with E-state index in [0.717, 1.165) is 6.42 Å². The molecule has 0 aliphatic carbocycles. The lowest BCUT2D eigenvalue weighted by molar-refractivity contribution is -0.141. The van der Waals surface area contributed by atoms with Crippen molar-refractivity contribution in [1.82, 2.24) is 0 Å². The van der Waals surface area contributed by atoms with Gasteiger partial charge in [0.1, 0.15) is 0 Å². The van der Waals surface area contributed by atoms with Crippen molar-refractivity contribution < 1.29 is 9.53 Å². The van der Waals surface area contributed by atoms with Crippen molar-refractivity contribution in [3.8, 4) is 0 Å². The maximum atomic E-state index is 11.0. The average Bonchev–Trinajstić information content (AvgIpc) is 2.29. The molecule has 0 radical (unpaired) electrons. The molecule has 1 aromatic carbocycles. The van der Waals surface area contributed by atoms with Crippen LogP contribution in [0.15, 0.2) is 18.2 Å². The Morgan fingerprint density at radius 3 is 2.56 bits per heavy atom. The topological polar surface area (TPSA) is 52.3 Å². The minimum atomic E-state index is -0.348. The van der Waals surface area contributed by atoms with E-state index >= 15 is 0 Å². The number of nitrogens with two attached hydrogens (primary N) is 1. The SMILES string of the molecule is Cc1ccc(C(C)(C)C)cc1CCOC(=O)CN. The summed E-state index contributed by atoms with van der Waals surface area (Å²) in [6.07, 6.45) is 0.738. The molecule has 0 aliphatic heterocycles. The van der Waals surface area contributed by atoms with Gasteiger partial charge in [-0.1, -0.05) is 39.0 Å². The summed E-state index contributed by atoms with van der Waals surface area (Å²) in [5, 5.41) is 0. The Morgan fingerprint density at radius 1 is 1.33 bits per heavy atom. The first kappa shape index (κ1) is 14.7. The smallest absolute Gasteiger partial charge is 0.319 e. The van der Waals surface area contributed by atoms with E-state index in [0.29, 0.717) is 6.61 Å². The third kappa shape index (κ3) is 4.15. The van der Waals surface area contributed by atoms with Gasteiger partial charge in [-0.05, 0) is 29.0 Å². The lowest BCUT2D eigenvalue weighted by Crippen LogP contribution is -2.18. The van der Waals surface area contributed by atoms with E-state index in [4.69, 9.17) is 10.5 Å². The van der Waals surface area contributed by atoms with Gasteiger partial charge < -0.3 is 10.5 Å². The molecule has 18 heavy (non-hydrogen) atoms. The highest BCUT2D eigenvalue weighted by Crippen LogP contribution is 2.24. The van der Waals surface area contributed by atoms with Crippen LogP contribution >= 0.6 is 0 Å². The normalized spacial score (nSPS) is 11.4. The van der Waals surface area contributed by atoms with E-state index in [-0.39, 0.29) is 17.9 Å². The zero-order valence-electron chi connectivity index (χ0n) is 11.7. The molecule has 0 atom stereocenters. The first-order valence-corrected chi connectivity index (χ1v) is 6.30. The zero-order chi connectivity index (χ0) is 13.8. The van der Waals surface area contributed by atoms with Gasteiger partial charge in [-0.25, -0.2) is 0 Å². The maximum Gasteiger partial charge on any atom is 0.319 e. The quantitative estimate of drug-likeness (QED) is 0.833. The lowest BCUT2D eigenvalue weighted by atomic mass is 9.85. The first-order valence-electron chi connectivity index (χ1n) is 6.30. The summed E-state index contributed by atoms with van der Waals surface area (Å²) >= 11 is 0. The summed E-state index contributed by atoms with van der Waals surface area (Å²) in [4.78, 5) is 11.0. The fraction of sp³-hybridized carbons (Fsp3) is 0.533. The molecule has 3 nitrogen and oxygen atoms in total. The number of hydrogen-bond acceptors (Lipinski definition) is 3. The number of hydrogen-bond donors (Lipinski definition) is 1. The molecule has 0 saturated heterocycles. The molecule has 1 aromatic rings. The summed E-state index contributed by atoms with van der Waals surface area (Å²) in [5.41, 5.74) is 9.08. The summed E-state index contributed by atoms with van der Waals surface area (Å²) in [6.45, 7) is 8.99. The van der Waals surface area contributed by atoms with Crippen LogP contribution in [0.3, 0.4) is 0 Å². The van der Waals surface area contributed by atoms with Gasteiger partial charge in [0.2, 0.25) is 0 Å². The van der Waals surface area contributed by atoms with Crippen LogP contribution in [-0.4, -0.2) is 19.1 Å². The largest absolute Gasteiger partial charge is 0.464 e. The van der Waals surface area contributed by atoms with Crippen LogP contribution in [0.5, 0.6) is 0 Å². The van der Waals surface area contributed by atoms with Gasteiger partial charge in [0.25, 0.3) is 0 Å². The van der Waals surface area contributed by atoms with Crippen LogP contribution in [-0.2, 0) is 21.4 Å². The number of carbonyl (C=O) groups excluding carboxylic acids is 1. The van der Waals surface area contributed by atoms with Crippen molar-refractivity contribution in [3.05, 3.63) is 34.9 Å². The molecule has 0 bridgehead atoms. The molecule has 100 valence electrons. The Bertz CT molecular complexity index is 419. The molecular weight excluding hydrogens is 226 g/mol. The van der Waals surface area contributed by atoms with Crippen molar-refractivity contribution in [2.45, 2.75) is 39.5 Å². The van der Waals surface area contributed by atoms with E-state index in [1.807, 2.05) is 0 Å². The second-order valence-corrected chi connectivity index (χ2v) is 5.57. The van der Waals surface area contributed by atoms with Crippen LogP contribution in [0.2, 0.25) is 0 Å². The minimum absolute atomic E-state index is 0.0546. The minimum Gasteiger partial charge on any atom is -0.464 e. The molecule has 1 rings (SSSR count). The second kappa shape index (κ2) is 6.01. The molecule has 0 saturated carbocycles. The van der Waals surface area contributed by atoms with E-state index in [2.05, 4.69) is 45.9 Å². The zero-order valence-corrected chi connectivity index (χ0v) is 11.7. The molecule has 0 aromatic heterocycles. The number of carbonyl (C=O) groups is 1. The summed E-state index contributed by atoms with van der Waals surface area (Å²) in [6, 6.07) is 6.48. The van der Waals surface area contributed by atoms with E-state index in [9.17, 15) is 4.79 Å². The molecule has 0 aliphatic rings. The van der Waals surface area contributed by atoms with Gasteiger partial charge in [0.05, 0.1) is 13.2 Å². The molecule has 0 heterocycles. The second-order valence-electron chi connectivity index (χ2n) is 5.57. The Labute approximate surface area is 109 Å². The van der Waals surface area contributed by atoms with Gasteiger partial charge in [0.15, 0.2) is 0 Å². The monoisotopic (exact) mass is 249 g/mol. The van der Waals surface area contributed by atoms with Gasteiger partial charge >= 0.3 is 5.97 Å². The van der Waals surface area contributed by atoms with Crippen molar-refractivity contribution in [1.29, 1.82) is 0 Å². The number of rotatable bonds is 4. The maximum absolute atomic E-state index is 11.0. The average molecular weight is 249 g/mol. The Kier molecular flexibility index (Phi) is 4.91. The lowest BCUT2D eigenvalue weighted by Gasteiger charge is -2.20. The van der Waals surface area contributed by atoms with Crippen LogP contribution in [0.25, 0.3) is 0 Å². The van der Waals surface area contributed by atoms with Gasteiger partial charge in [0, 0.05) is 6.42 Å². The molecule has 3 heteroatoms. The highest BCUT2D eigenvalue weighted by Gasteiger charge is 2.14. The molecule has 0 unspecified atom stereocenters. The Morgan fingerprint density at radius 2 is 2.00 bits per heavy atom. The number of esters is 1. The Balaban J connectivity index is 2.73. The predicted octanol–water partition coefficient (Wildman–Crippen LogP) is 2.34. The number of aryl methyl sites for hydroxylation is 1. The fourth-order valence-corrected chi connectivity index (χ4v) is 1.74. The number of benzene rings is 1.